The summed E-state index contributed by atoms with van der Waals surface area (Å²) in [5.41, 5.74) is 0.303. The van der Waals surface area contributed by atoms with Crippen LogP contribution in [-0.2, 0) is 0 Å². The van der Waals surface area contributed by atoms with Gasteiger partial charge < -0.3 is 15.2 Å². The van der Waals surface area contributed by atoms with Crippen molar-refractivity contribution in [1.82, 2.24) is 14.1 Å². The Balaban J connectivity index is 1.28. The molecule has 116 valence electrons. The molecule has 1 heterocycles. The topological polar surface area (TPSA) is 67.3 Å². The lowest BCUT2D eigenvalue weighted by Gasteiger charge is -2.57. The Hall–Kier alpha value is -0.720. The van der Waals surface area contributed by atoms with Crippen molar-refractivity contribution < 1.29 is 9.84 Å². The smallest absolute Gasteiger partial charge is 0.245 e. The van der Waals surface area contributed by atoms with Crippen LogP contribution < -0.4 is 10.1 Å². The molecule has 5 rings (SSSR count). The van der Waals surface area contributed by atoms with Crippen molar-refractivity contribution in [3.05, 3.63) is 6.20 Å². The van der Waals surface area contributed by atoms with E-state index >= 15 is 0 Å². The van der Waals surface area contributed by atoms with Crippen LogP contribution in [0.5, 0.6) is 5.88 Å². The molecule has 4 aliphatic carbocycles. The number of hydrogen-bond donors (Lipinski definition) is 2. The zero-order valence-electron chi connectivity index (χ0n) is 12.2. The molecule has 0 spiro atoms. The number of aliphatic hydroxyl groups excluding tert-OH is 1. The Morgan fingerprint density at radius 1 is 1.29 bits per heavy atom. The van der Waals surface area contributed by atoms with Gasteiger partial charge >= 0.3 is 0 Å². The van der Waals surface area contributed by atoms with Crippen LogP contribution in [0, 0.1) is 17.8 Å². The molecule has 1 atom stereocenters. The van der Waals surface area contributed by atoms with Gasteiger partial charge in [-0.3, -0.25) is 0 Å². The molecule has 4 bridgehead atoms. The van der Waals surface area contributed by atoms with E-state index in [0.717, 1.165) is 29.5 Å². The van der Waals surface area contributed by atoms with Gasteiger partial charge in [0.25, 0.3) is 0 Å². The SMILES string of the molecule is OC(CNC12CC3CC(CC(C3)C1)C2)COc1cnsn1. The maximum absolute atomic E-state index is 10.1. The molecule has 1 aromatic rings. The Bertz CT molecular complexity index is 444. The lowest BCUT2D eigenvalue weighted by Crippen LogP contribution is -2.59. The van der Waals surface area contributed by atoms with Crippen LogP contribution in [0.1, 0.15) is 38.5 Å². The monoisotopic (exact) mass is 309 g/mol. The number of hydrogen-bond acceptors (Lipinski definition) is 6. The highest BCUT2D eigenvalue weighted by Crippen LogP contribution is 2.55. The van der Waals surface area contributed by atoms with E-state index in [2.05, 4.69) is 14.1 Å². The molecular weight excluding hydrogens is 286 g/mol. The summed E-state index contributed by atoms with van der Waals surface area (Å²) in [7, 11) is 0. The van der Waals surface area contributed by atoms with E-state index in [0.29, 0.717) is 18.0 Å². The quantitative estimate of drug-likeness (QED) is 0.839. The van der Waals surface area contributed by atoms with Gasteiger partial charge in [-0.15, -0.1) is 4.37 Å². The second kappa shape index (κ2) is 5.48. The van der Waals surface area contributed by atoms with Crippen LogP contribution in [0.4, 0.5) is 0 Å². The minimum absolute atomic E-state index is 0.283. The molecule has 0 aliphatic heterocycles. The highest BCUT2D eigenvalue weighted by Gasteiger charge is 2.50. The van der Waals surface area contributed by atoms with Gasteiger partial charge in [-0.25, -0.2) is 0 Å². The standard InChI is InChI=1S/C15H23N3O2S/c19-13(9-20-14-8-17-21-18-14)7-16-15-4-10-1-11(5-15)3-12(2-10)6-15/h8,10-13,16,19H,1-7,9H2. The van der Waals surface area contributed by atoms with Gasteiger partial charge in [0.15, 0.2) is 0 Å². The first kappa shape index (κ1) is 13.9. The van der Waals surface area contributed by atoms with Gasteiger partial charge in [-0.05, 0) is 56.3 Å². The minimum Gasteiger partial charge on any atom is -0.473 e. The van der Waals surface area contributed by atoms with E-state index in [4.69, 9.17) is 4.74 Å². The zero-order valence-corrected chi connectivity index (χ0v) is 13.0. The number of aromatic nitrogens is 2. The fourth-order valence-electron chi connectivity index (χ4n) is 5.12. The van der Waals surface area contributed by atoms with E-state index in [1.54, 1.807) is 6.20 Å². The lowest BCUT2D eigenvalue weighted by molar-refractivity contribution is -0.0267. The number of rotatable bonds is 6. The summed E-state index contributed by atoms with van der Waals surface area (Å²) in [5, 5.41) is 13.8. The Morgan fingerprint density at radius 3 is 2.52 bits per heavy atom. The molecular formula is C15H23N3O2S. The molecule has 6 heteroatoms. The van der Waals surface area contributed by atoms with E-state index < -0.39 is 6.10 Å². The van der Waals surface area contributed by atoms with Crippen molar-refractivity contribution >= 4 is 11.7 Å². The predicted molar refractivity (Wildman–Crippen MR) is 80.3 cm³/mol. The Morgan fingerprint density at radius 2 is 1.95 bits per heavy atom. The van der Waals surface area contributed by atoms with Crippen LogP contribution in [-0.4, -0.2) is 38.6 Å². The van der Waals surface area contributed by atoms with Gasteiger partial charge in [0.2, 0.25) is 5.88 Å². The maximum Gasteiger partial charge on any atom is 0.245 e. The Labute approximate surface area is 129 Å². The molecule has 5 nitrogen and oxygen atoms in total. The number of β-amino-alcohol motifs (C(OH)–C–C–N with tert-alkyl or cyclic N) is 1. The number of nitrogens with one attached hydrogen (secondary N) is 1. The van der Waals surface area contributed by atoms with Crippen molar-refractivity contribution in [3.63, 3.8) is 0 Å². The van der Waals surface area contributed by atoms with Crippen LogP contribution >= 0.6 is 11.7 Å². The van der Waals surface area contributed by atoms with Crippen LogP contribution in [0.25, 0.3) is 0 Å². The van der Waals surface area contributed by atoms with Crippen LogP contribution in [0.15, 0.2) is 6.20 Å². The molecule has 1 unspecified atom stereocenters. The summed E-state index contributed by atoms with van der Waals surface area (Å²) >= 11 is 1.12. The first-order valence-electron chi connectivity index (χ1n) is 8.04. The minimum atomic E-state index is -0.486. The average molecular weight is 309 g/mol. The molecule has 0 radical (unpaired) electrons. The highest BCUT2D eigenvalue weighted by atomic mass is 32.1. The molecule has 1 aromatic heterocycles. The van der Waals surface area contributed by atoms with Gasteiger partial charge in [0, 0.05) is 12.1 Å². The molecule has 4 fully saturated rings. The van der Waals surface area contributed by atoms with Gasteiger partial charge in [-0.1, -0.05) is 0 Å². The summed E-state index contributed by atoms with van der Waals surface area (Å²) in [4.78, 5) is 0. The number of ether oxygens (including phenoxy) is 1. The summed E-state index contributed by atoms with van der Waals surface area (Å²) in [5.74, 6) is 3.29. The fourth-order valence-corrected chi connectivity index (χ4v) is 5.49. The number of aliphatic hydroxyl groups is 1. The third kappa shape index (κ3) is 2.94. The summed E-state index contributed by atoms with van der Waals surface area (Å²) in [6, 6.07) is 0. The molecule has 0 amide bonds. The van der Waals surface area contributed by atoms with E-state index in [1.807, 2.05) is 0 Å². The van der Waals surface area contributed by atoms with E-state index in [1.165, 1.54) is 38.5 Å². The lowest BCUT2D eigenvalue weighted by atomic mass is 9.53. The van der Waals surface area contributed by atoms with Gasteiger partial charge in [0.05, 0.1) is 11.7 Å². The maximum atomic E-state index is 10.1. The normalized spacial score (nSPS) is 38.6. The highest BCUT2D eigenvalue weighted by molar-refractivity contribution is 6.99. The molecule has 2 N–H and O–H groups in total. The van der Waals surface area contributed by atoms with Crippen molar-refractivity contribution in [3.8, 4) is 5.88 Å². The second-order valence-corrected chi connectivity index (χ2v) is 7.85. The Kier molecular flexibility index (Phi) is 3.63. The first-order valence-corrected chi connectivity index (χ1v) is 8.77. The third-order valence-electron chi connectivity index (χ3n) is 5.52. The molecule has 0 aromatic carbocycles. The summed E-state index contributed by atoms with van der Waals surface area (Å²) < 4.78 is 13.3. The summed E-state index contributed by atoms with van der Waals surface area (Å²) in [6.07, 6.45) is 9.37. The molecule has 21 heavy (non-hydrogen) atoms. The van der Waals surface area contributed by atoms with Gasteiger partial charge in [-0.2, -0.15) is 4.37 Å². The third-order valence-corrected chi connectivity index (χ3v) is 5.98. The van der Waals surface area contributed by atoms with Crippen molar-refractivity contribution in [2.24, 2.45) is 17.8 Å². The van der Waals surface area contributed by atoms with Crippen molar-refractivity contribution in [2.45, 2.75) is 50.2 Å². The number of nitrogens with zero attached hydrogens (tertiary/aromatic N) is 2. The van der Waals surface area contributed by atoms with Crippen LogP contribution in [0.3, 0.4) is 0 Å². The summed E-state index contributed by atoms with van der Waals surface area (Å²) in [6.45, 7) is 0.897. The first-order chi connectivity index (χ1) is 10.2. The second-order valence-electron chi connectivity index (χ2n) is 7.29. The average Bonchev–Trinajstić information content (AvgIpc) is 2.95. The van der Waals surface area contributed by atoms with E-state index in [9.17, 15) is 5.11 Å². The molecule has 0 saturated heterocycles. The molecule has 4 aliphatic rings. The largest absolute Gasteiger partial charge is 0.473 e. The van der Waals surface area contributed by atoms with Crippen LogP contribution in [0.2, 0.25) is 0 Å². The van der Waals surface area contributed by atoms with Crippen molar-refractivity contribution in [1.29, 1.82) is 0 Å². The fraction of sp³-hybridized carbons (Fsp3) is 0.867. The molecule has 4 saturated carbocycles. The van der Waals surface area contributed by atoms with E-state index in [-0.39, 0.29) is 6.61 Å². The van der Waals surface area contributed by atoms with Crippen molar-refractivity contribution in [2.75, 3.05) is 13.2 Å². The van der Waals surface area contributed by atoms with Gasteiger partial charge in [0.1, 0.15) is 18.9 Å². The predicted octanol–water partition coefficient (Wildman–Crippen LogP) is 1.84. The zero-order chi connectivity index (χ0) is 14.3.